The Morgan fingerprint density at radius 3 is 2.61 bits per heavy atom. The molecule has 0 bridgehead atoms. The highest BCUT2D eigenvalue weighted by Gasteiger charge is 2.21. The van der Waals surface area contributed by atoms with E-state index in [0.29, 0.717) is 5.96 Å². The molecule has 0 radical (unpaired) electrons. The van der Waals surface area contributed by atoms with Gasteiger partial charge in [0, 0.05) is 23.2 Å². The van der Waals surface area contributed by atoms with Crippen LogP contribution in [0.3, 0.4) is 0 Å². The number of nitrogens with zero attached hydrogens (tertiary/aromatic N) is 4. The van der Waals surface area contributed by atoms with Crippen molar-refractivity contribution < 1.29 is 0 Å². The zero-order valence-corrected chi connectivity index (χ0v) is 14.2. The molecule has 0 spiro atoms. The van der Waals surface area contributed by atoms with Gasteiger partial charge >= 0.3 is 0 Å². The standard InChI is InChI=1S/C17H19N5S/c1-17(2,3)21-15(18)22(16-20-10-11-23-16)14-13-7-5-4-6-12(13)8-9-19-14/h4-11H,1-3H3,(H2,18,21). The molecule has 3 rings (SSSR count). The molecule has 0 unspecified atom stereocenters. The van der Waals surface area contributed by atoms with E-state index < -0.39 is 0 Å². The third kappa shape index (κ3) is 3.32. The van der Waals surface area contributed by atoms with Gasteiger partial charge in [-0.3, -0.25) is 0 Å². The highest BCUT2D eigenvalue weighted by Crippen LogP contribution is 2.31. The molecule has 2 N–H and O–H groups in total. The third-order valence-corrected chi connectivity index (χ3v) is 3.91. The van der Waals surface area contributed by atoms with E-state index in [9.17, 15) is 0 Å². The van der Waals surface area contributed by atoms with E-state index in [1.54, 1.807) is 12.4 Å². The minimum absolute atomic E-state index is 0.288. The molecule has 0 aliphatic carbocycles. The van der Waals surface area contributed by atoms with E-state index in [1.807, 2.05) is 55.3 Å². The summed E-state index contributed by atoms with van der Waals surface area (Å²) in [6.45, 7) is 6.03. The second-order valence-corrected chi connectivity index (χ2v) is 7.02. The van der Waals surface area contributed by atoms with Gasteiger partial charge in [0.05, 0.1) is 5.54 Å². The summed E-state index contributed by atoms with van der Waals surface area (Å²) in [5.74, 6) is 1.12. The Labute approximate surface area is 139 Å². The summed E-state index contributed by atoms with van der Waals surface area (Å²) in [5, 5.41) is 4.77. The van der Waals surface area contributed by atoms with Crippen molar-refractivity contribution in [1.82, 2.24) is 9.97 Å². The number of thiazole rings is 1. The Morgan fingerprint density at radius 1 is 1.13 bits per heavy atom. The van der Waals surface area contributed by atoms with E-state index in [-0.39, 0.29) is 5.54 Å². The first-order chi connectivity index (χ1) is 11.0. The fourth-order valence-electron chi connectivity index (χ4n) is 2.30. The van der Waals surface area contributed by atoms with Crippen molar-refractivity contribution in [3.05, 3.63) is 48.1 Å². The van der Waals surface area contributed by atoms with Crippen molar-refractivity contribution in [3.8, 4) is 0 Å². The Bertz CT molecular complexity index is 828. The van der Waals surface area contributed by atoms with Gasteiger partial charge in [0.15, 0.2) is 5.13 Å². The molecule has 0 amide bonds. The van der Waals surface area contributed by atoms with Crippen LogP contribution in [0.2, 0.25) is 0 Å². The van der Waals surface area contributed by atoms with E-state index >= 15 is 0 Å². The van der Waals surface area contributed by atoms with Gasteiger partial charge < -0.3 is 5.73 Å². The molecule has 2 aromatic heterocycles. The predicted octanol–water partition coefficient (Wildman–Crippen LogP) is 3.94. The molecule has 2 heterocycles. The molecule has 23 heavy (non-hydrogen) atoms. The molecule has 6 heteroatoms. The Morgan fingerprint density at radius 2 is 1.91 bits per heavy atom. The number of guanidine groups is 1. The summed E-state index contributed by atoms with van der Waals surface area (Å²) in [4.78, 5) is 15.4. The molecule has 0 fully saturated rings. The molecular weight excluding hydrogens is 306 g/mol. The van der Waals surface area contributed by atoms with Crippen molar-refractivity contribution in [2.24, 2.45) is 10.7 Å². The molecule has 5 nitrogen and oxygen atoms in total. The van der Waals surface area contributed by atoms with Gasteiger partial charge in [-0.05, 0) is 32.2 Å². The SMILES string of the molecule is CC(C)(C)N=C(N)N(c1nccs1)c1nccc2ccccc12. The van der Waals surface area contributed by atoms with E-state index in [0.717, 1.165) is 21.7 Å². The first-order valence-electron chi connectivity index (χ1n) is 7.34. The molecule has 0 saturated heterocycles. The Balaban J connectivity index is 2.21. The number of hydrogen-bond acceptors (Lipinski definition) is 4. The second-order valence-electron chi connectivity index (χ2n) is 6.15. The number of fused-ring (bicyclic) bond motifs is 1. The summed E-state index contributed by atoms with van der Waals surface area (Å²) in [6, 6.07) is 10.1. The normalized spacial score (nSPS) is 12.6. The number of rotatable bonds is 2. The summed E-state index contributed by atoms with van der Waals surface area (Å²) in [6.07, 6.45) is 3.53. The number of nitrogens with two attached hydrogens (primary N) is 1. The first-order valence-corrected chi connectivity index (χ1v) is 8.22. The fourth-order valence-corrected chi connectivity index (χ4v) is 2.95. The third-order valence-electron chi connectivity index (χ3n) is 3.15. The van der Waals surface area contributed by atoms with Crippen LogP contribution in [0.5, 0.6) is 0 Å². The lowest BCUT2D eigenvalue weighted by molar-refractivity contribution is 0.581. The number of anilines is 2. The number of aromatic nitrogens is 2. The lowest BCUT2D eigenvalue weighted by atomic mass is 10.1. The van der Waals surface area contributed by atoms with E-state index in [2.05, 4.69) is 21.0 Å². The highest BCUT2D eigenvalue weighted by molar-refractivity contribution is 7.13. The number of benzene rings is 1. The average Bonchev–Trinajstić information content (AvgIpc) is 3.00. The van der Waals surface area contributed by atoms with Crippen molar-refractivity contribution >= 4 is 39.0 Å². The maximum Gasteiger partial charge on any atom is 0.204 e. The van der Waals surface area contributed by atoms with Crippen LogP contribution in [0.1, 0.15) is 20.8 Å². The molecule has 1 aromatic carbocycles. The minimum Gasteiger partial charge on any atom is -0.369 e. The maximum atomic E-state index is 6.32. The van der Waals surface area contributed by atoms with Crippen LogP contribution in [0.4, 0.5) is 10.9 Å². The van der Waals surface area contributed by atoms with Crippen molar-refractivity contribution in [2.45, 2.75) is 26.3 Å². The molecule has 0 atom stereocenters. The van der Waals surface area contributed by atoms with Crippen LogP contribution < -0.4 is 10.6 Å². The molecule has 118 valence electrons. The largest absolute Gasteiger partial charge is 0.369 e. The minimum atomic E-state index is -0.288. The summed E-state index contributed by atoms with van der Waals surface area (Å²) >= 11 is 1.50. The van der Waals surface area contributed by atoms with Crippen molar-refractivity contribution in [3.63, 3.8) is 0 Å². The van der Waals surface area contributed by atoms with Crippen LogP contribution in [-0.2, 0) is 0 Å². The second kappa shape index (κ2) is 5.96. The van der Waals surface area contributed by atoms with Gasteiger partial charge in [0.25, 0.3) is 0 Å². The smallest absolute Gasteiger partial charge is 0.204 e. The van der Waals surface area contributed by atoms with Crippen LogP contribution in [0.25, 0.3) is 10.8 Å². The average molecular weight is 325 g/mol. The van der Waals surface area contributed by atoms with Crippen LogP contribution >= 0.6 is 11.3 Å². The number of pyridine rings is 1. The van der Waals surface area contributed by atoms with Gasteiger partial charge in [-0.1, -0.05) is 24.3 Å². The van der Waals surface area contributed by atoms with Gasteiger partial charge in [0.2, 0.25) is 5.96 Å². The van der Waals surface area contributed by atoms with Gasteiger partial charge in [-0.2, -0.15) is 0 Å². The molecule has 0 aliphatic rings. The quantitative estimate of drug-likeness (QED) is 0.572. The lowest BCUT2D eigenvalue weighted by Gasteiger charge is -2.24. The van der Waals surface area contributed by atoms with Gasteiger partial charge in [-0.15, -0.1) is 11.3 Å². The molecule has 0 aliphatic heterocycles. The van der Waals surface area contributed by atoms with Crippen molar-refractivity contribution in [2.75, 3.05) is 4.90 Å². The number of hydrogen-bond donors (Lipinski definition) is 1. The highest BCUT2D eigenvalue weighted by atomic mass is 32.1. The molecule has 3 aromatic rings. The van der Waals surface area contributed by atoms with Crippen LogP contribution in [0, 0.1) is 0 Å². The summed E-state index contributed by atoms with van der Waals surface area (Å²) < 4.78 is 0. The van der Waals surface area contributed by atoms with E-state index in [4.69, 9.17) is 5.73 Å². The van der Waals surface area contributed by atoms with Gasteiger partial charge in [-0.25, -0.2) is 19.9 Å². The number of aliphatic imine (C=N–C) groups is 1. The topological polar surface area (TPSA) is 67.4 Å². The maximum absolute atomic E-state index is 6.32. The van der Waals surface area contributed by atoms with Gasteiger partial charge in [0.1, 0.15) is 5.82 Å². The molecular formula is C17H19N5S. The fraction of sp³-hybridized carbons (Fsp3) is 0.235. The van der Waals surface area contributed by atoms with Crippen LogP contribution in [-0.4, -0.2) is 21.5 Å². The first kappa shape index (κ1) is 15.4. The lowest BCUT2D eigenvalue weighted by Crippen LogP contribution is -2.36. The zero-order valence-electron chi connectivity index (χ0n) is 13.4. The monoisotopic (exact) mass is 325 g/mol. The molecule has 0 saturated carbocycles. The Hall–Kier alpha value is -2.47. The summed E-state index contributed by atoms with van der Waals surface area (Å²) in [5.41, 5.74) is 6.03. The van der Waals surface area contributed by atoms with Crippen molar-refractivity contribution in [1.29, 1.82) is 0 Å². The Kier molecular flexibility index (Phi) is 4.00. The predicted molar refractivity (Wildman–Crippen MR) is 97.4 cm³/mol. The zero-order chi connectivity index (χ0) is 16.4. The summed E-state index contributed by atoms with van der Waals surface area (Å²) in [7, 11) is 0. The van der Waals surface area contributed by atoms with Crippen LogP contribution in [0.15, 0.2) is 53.1 Å². The van der Waals surface area contributed by atoms with E-state index in [1.165, 1.54) is 11.3 Å².